The number of carboxylic acids is 1. The van der Waals surface area contributed by atoms with Crippen LogP contribution in [0.5, 0.6) is 5.75 Å². The molecular weight excluding hydrogens is 392 g/mol. The molecule has 0 aromatic heterocycles. The van der Waals surface area contributed by atoms with Gasteiger partial charge in [-0.25, -0.2) is 9.59 Å². The zero-order chi connectivity index (χ0) is 22.3. The van der Waals surface area contributed by atoms with Crippen LogP contribution in [-0.4, -0.2) is 41.2 Å². The molecule has 3 N–H and O–H groups in total. The summed E-state index contributed by atoms with van der Waals surface area (Å²) in [5.74, 6) is -2.62. The van der Waals surface area contributed by atoms with Crippen LogP contribution >= 0.6 is 0 Å². The van der Waals surface area contributed by atoms with E-state index in [-0.39, 0.29) is 16.9 Å². The second-order valence-corrected chi connectivity index (χ2v) is 7.17. The summed E-state index contributed by atoms with van der Waals surface area (Å²) in [6.45, 7) is 4.66. The number of nitrogens with one attached hydrogen (secondary N) is 2. The van der Waals surface area contributed by atoms with E-state index < -0.39 is 36.1 Å². The van der Waals surface area contributed by atoms with Gasteiger partial charge in [-0.05, 0) is 57.2 Å². The van der Waals surface area contributed by atoms with Crippen LogP contribution in [0.25, 0.3) is 0 Å². The molecule has 9 heteroatoms. The molecule has 0 aliphatic heterocycles. The molecule has 0 unspecified atom stereocenters. The van der Waals surface area contributed by atoms with Crippen molar-refractivity contribution in [3.8, 4) is 5.75 Å². The molecule has 2 amide bonds. The van der Waals surface area contributed by atoms with Crippen molar-refractivity contribution in [3.63, 3.8) is 0 Å². The van der Waals surface area contributed by atoms with Crippen molar-refractivity contribution >= 4 is 29.6 Å². The smallest absolute Gasteiger partial charge is 0.412 e. The van der Waals surface area contributed by atoms with E-state index in [2.05, 4.69) is 10.6 Å². The lowest BCUT2D eigenvalue weighted by Gasteiger charge is -2.19. The van der Waals surface area contributed by atoms with Crippen LogP contribution < -0.4 is 15.4 Å². The molecule has 30 heavy (non-hydrogen) atoms. The molecule has 0 heterocycles. The Morgan fingerprint density at radius 2 is 1.60 bits per heavy atom. The summed E-state index contributed by atoms with van der Waals surface area (Å²) in [6, 6.07) is 11.9. The Kier molecular flexibility index (Phi) is 7.13. The first-order valence-corrected chi connectivity index (χ1v) is 8.96. The highest BCUT2D eigenvalue weighted by Crippen LogP contribution is 2.20. The average Bonchev–Trinajstić information content (AvgIpc) is 2.65. The minimum absolute atomic E-state index is 0.0126. The summed E-state index contributed by atoms with van der Waals surface area (Å²) in [4.78, 5) is 46.9. The van der Waals surface area contributed by atoms with Gasteiger partial charge in [0.2, 0.25) is 0 Å². The molecule has 0 atom stereocenters. The van der Waals surface area contributed by atoms with Gasteiger partial charge in [0.05, 0.1) is 11.1 Å². The molecule has 0 aliphatic rings. The van der Waals surface area contributed by atoms with Gasteiger partial charge in [0, 0.05) is 5.69 Å². The number of benzene rings is 2. The zero-order valence-electron chi connectivity index (χ0n) is 16.7. The molecule has 0 saturated heterocycles. The number of rotatable bonds is 6. The van der Waals surface area contributed by atoms with Crippen molar-refractivity contribution in [1.29, 1.82) is 0 Å². The van der Waals surface area contributed by atoms with Crippen LogP contribution in [0.2, 0.25) is 0 Å². The highest BCUT2D eigenvalue weighted by molar-refractivity contribution is 6.00. The fraction of sp³-hybridized carbons (Fsp3) is 0.238. The number of hydrogen-bond acceptors (Lipinski definition) is 6. The predicted molar refractivity (Wildman–Crippen MR) is 108 cm³/mol. The van der Waals surface area contributed by atoms with E-state index in [0.29, 0.717) is 5.69 Å². The van der Waals surface area contributed by atoms with Gasteiger partial charge in [-0.2, -0.15) is 0 Å². The van der Waals surface area contributed by atoms with E-state index in [9.17, 15) is 19.2 Å². The largest absolute Gasteiger partial charge is 0.480 e. The number of amides is 2. The predicted octanol–water partition coefficient (Wildman–Crippen LogP) is 3.07. The summed E-state index contributed by atoms with van der Waals surface area (Å²) in [6.07, 6.45) is -0.626. The van der Waals surface area contributed by atoms with Crippen LogP contribution in [0, 0.1) is 0 Å². The third-order valence-electron chi connectivity index (χ3n) is 3.50. The third-order valence-corrected chi connectivity index (χ3v) is 3.50. The number of esters is 1. The Hall–Kier alpha value is -3.88. The quantitative estimate of drug-likeness (QED) is 0.489. The van der Waals surface area contributed by atoms with E-state index in [1.807, 2.05) is 0 Å². The monoisotopic (exact) mass is 414 g/mol. The zero-order valence-corrected chi connectivity index (χ0v) is 16.7. The maximum Gasteiger partial charge on any atom is 0.412 e. The molecule has 0 bridgehead atoms. The van der Waals surface area contributed by atoms with E-state index in [0.717, 1.165) is 0 Å². The van der Waals surface area contributed by atoms with Crippen molar-refractivity contribution in [1.82, 2.24) is 5.32 Å². The van der Waals surface area contributed by atoms with Gasteiger partial charge in [0.1, 0.15) is 17.9 Å². The van der Waals surface area contributed by atoms with Gasteiger partial charge in [-0.1, -0.05) is 12.1 Å². The Balaban J connectivity index is 2.06. The molecule has 0 spiro atoms. The lowest BCUT2D eigenvalue weighted by atomic mass is 10.1. The van der Waals surface area contributed by atoms with Gasteiger partial charge in [-0.3, -0.25) is 14.9 Å². The normalized spacial score (nSPS) is 10.6. The van der Waals surface area contributed by atoms with Crippen molar-refractivity contribution in [2.24, 2.45) is 0 Å². The molecule has 9 nitrogen and oxygen atoms in total. The number of ether oxygens (including phenoxy) is 2. The number of para-hydroxylation sites is 1. The fourth-order valence-corrected chi connectivity index (χ4v) is 2.26. The van der Waals surface area contributed by atoms with E-state index in [1.54, 1.807) is 32.9 Å². The van der Waals surface area contributed by atoms with Crippen LogP contribution in [0.3, 0.4) is 0 Å². The Morgan fingerprint density at radius 1 is 0.967 bits per heavy atom. The van der Waals surface area contributed by atoms with E-state index >= 15 is 0 Å². The molecule has 0 saturated carbocycles. The van der Waals surface area contributed by atoms with Gasteiger partial charge < -0.3 is 19.9 Å². The van der Waals surface area contributed by atoms with Gasteiger partial charge in [0.25, 0.3) is 5.91 Å². The molecule has 0 aliphatic carbocycles. The van der Waals surface area contributed by atoms with Crippen molar-refractivity contribution < 1.29 is 33.8 Å². The Morgan fingerprint density at radius 3 is 2.20 bits per heavy atom. The Bertz CT molecular complexity index is 947. The fourth-order valence-electron chi connectivity index (χ4n) is 2.26. The standard InChI is InChI=1S/C21H22N2O7/c1-21(2,3)30-20(28)23-14-10-8-13(9-11-14)19(27)29-16-7-5-4-6-15(16)18(26)22-12-17(24)25/h4-11H,12H2,1-3H3,(H,22,26)(H,23,28)(H,24,25). The minimum Gasteiger partial charge on any atom is -0.480 e. The summed E-state index contributed by atoms with van der Waals surface area (Å²) in [5.41, 5.74) is -0.00659. The first kappa shape index (κ1) is 22.4. The van der Waals surface area contributed by atoms with Crippen molar-refractivity contribution in [2.75, 3.05) is 11.9 Å². The summed E-state index contributed by atoms with van der Waals surface area (Å²) in [7, 11) is 0. The molecular formula is C21H22N2O7. The topological polar surface area (TPSA) is 131 Å². The second kappa shape index (κ2) is 9.55. The van der Waals surface area contributed by atoms with E-state index in [4.69, 9.17) is 14.6 Å². The lowest BCUT2D eigenvalue weighted by Crippen LogP contribution is -2.29. The SMILES string of the molecule is CC(C)(C)OC(=O)Nc1ccc(C(=O)Oc2ccccc2C(=O)NCC(=O)O)cc1. The van der Waals surface area contributed by atoms with Crippen molar-refractivity contribution in [3.05, 3.63) is 59.7 Å². The first-order chi connectivity index (χ1) is 14.0. The van der Waals surface area contributed by atoms with Crippen LogP contribution in [0.1, 0.15) is 41.5 Å². The molecule has 2 aromatic rings. The first-order valence-electron chi connectivity index (χ1n) is 8.96. The van der Waals surface area contributed by atoms with Gasteiger partial charge in [0.15, 0.2) is 0 Å². The molecule has 0 fully saturated rings. The summed E-state index contributed by atoms with van der Waals surface area (Å²) < 4.78 is 10.4. The number of aliphatic carboxylic acids is 1. The molecule has 2 aromatic carbocycles. The lowest BCUT2D eigenvalue weighted by molar-refractivity contribution is -0.135. The number of carboxylic acid groups (broad SMARTS) is 1. The number of carbonyl (C=O) groups is 4. The molecule has 0 radical (unpaired) electrons. The van der Waals surface area contributed by atoms with Crippen molar-refractivity contribution in [2.45, 2.75) is 26.4 Å². The minimum atomic E-state index is -1.20. The maximum absolute atomic E-state index is 12.4. The van der Waals surface area contributed by atoms with Crippen LogP contribution in [0.4, 0.5) is 10.5 Å². The van der Waals surface area contributed by atoms with Crippen LogP contribution in [0.15, 0.2) is 48.5 Å². The number of carbonyl (C=O) groups excluding carboxylic acids is 3. The summed E-state index contributed by atoms with van der Waals surface area (Å²) >= 11 is 0. The molecule has 158 valence electrons. The number of anilines is 1. The van der Waals surface area contributed by atoms with Gasteiger partial charge >= 0.3 is 18.0 Å². The average molecular weight is 414 g/mol. The second-order valence-electron chi connectivity index (χ2n) is 7.17. The maximum atomic E-state index is 12.4. The van der Waals surface area contributed by atoms with Gasteiger partial charge in [-0.15, -0.1) is 0 Å². The third kappa shape index (κ3) is 6.93. The highest BCUT2D eigenvalue weighted by Gasteiger charge is 2.18. The van der Waals surface area contributed by atoms with E-state index in [1.165, 1.54) is 36.4 Å². The van der Waals surface area contributed by atoms with Crippen LogP contribution in [-0.2, 0) is 9.53 Å². The highest BCUT2D eigenvalue weighted by atomic mass is 16.6. The number of hydrogen-bond donors (Lipinski definition) is 3. The Labute approximate surface area is 173 Å². The molecule has 2 rings (SSSR count). The summed E-state index contributed by atoms with van der Waals surface area (Å²) in [5, 5.41) is 13.4.